The first kappa shape index (κ1) is 17.4. The molecule has 6 nitrogen and oxygen atoms in total. The number of methoxy groups -OCH3 is 1. The van der Waals surface area contributed by atoms with Crippen LogP contribution in [0.25, 0.3) is 5.69 Å². The number of anilines is 1. The van der Waals surface area contributed by atoms with Crippen molar-refractivity contribution in [3.05, 3.63) is 77.1 Å². The Morgan fingerprint density at radius 2 is 1.81 bits per heavy atom. The summed E-state index contributed by atoms with van der Waals surface area (Å²) in [6, 6.07) is 14.4. The van der Waals surface area contributed by atoms with Crippen molar-refractivity contribution in [2.45, 2.75) is 13.8 Å². The molecule has 6 heteroatoms. The van der Waals surface area contributed by atoms with Crippen molar-refractivity contribution in [3.8, 4) is 5.69 Å². The summed E-state index contributed by atoms with van der Waals surface area (Å²) < 4.78 is 6.40. The molecule has 0 bridgehead atoms. The maximum absolute atomic E-state index is 12.6. The monoisotopic (exact) mass is 349 g/mol. The number of nitrogens with zero attached hydrogens (tertiary/aromatic N) is 2. The van der Waals surface area contributed by atoms with Gasteiger partial charge in [-0.25, -0.2) is 9.48 Å². The third-order valence-corrected chi connectivity index (χ3v) is 4.06. The van der Waals surface area contributed by atoms with Gasteiger partial charge < -0.3 is 10.1 Å². The molecular weight excluding hydrogens is 330 g/mol. The van der Waals surface area contributed by atoms with Gasteiger partial charge in [0.2, 0.25) is 0 Å². The number of carbonyl (C=O) groups is 2. The van der Waals surface area contributed by atoms with E-state index in [0.717, 1.165) is 16.9 Å². The van der Waals surface area contributed by atoms with Gasteiger partial charge in [0.25, 0.3) is 5.91 Å². The third-order valence-electron chi connectivity index (χ3n) is 4.06. The fraction of sp³-hybridized carbons (Fsp3) is 0.150. The number of nitrogens with one attached hydrogen (secondary N) is 1. The van der Waals surface area contributed by atoms with Gasteiger partial charge in [0.1, 0.15) is 0 Å². The van der Waals surface area contributed by atoms with Gasteiger partial charge in [-0.05, 0) is 55.8 Å². The van der Waals surface area contributed by atoms with Crippen molar-refractivity contribution in [2.24, 2.45) is 0 Å². The van der Waals surface area contributed by atoms with Gasteiger partial charge in [-0.3, -0.25) is 4.79 Å². The van der Waals surface area contributed by atoms with Gasteiger partial charge in [0, 0.05) is 5.69 Å². The van der Waals surface area contributed by atoms with Crippen LogP contribution in [-0.4, -0.2) is 28.8 Å². The lowest BCUT2D eigenvalue weighted by atomic mass is 10.2. The number of carbonyl (C=O) groups excluding carboxylic acids is 2. The third kappa shape index (κ3) is 3.49. The Morgan fingerprint density at radius 1 is 1.08 bits per heavy atom. The largest absolute Gasteiger partial charge is 0.465 e. The van der Waals surface area contributed by atoms with Crippen molar-refractivity contribution >= 4 is 17.6 Å². The van der Waals surface area contributed by atoms with Crippen LogP contribution in [-0.2, 0) is 4.74 Å². The number of amides is 1. The average Bonchev–Trinajstić information content (AvgIpc) is 3.03. The second-order valence-electron chi connectivity index (χ2n) is 5.92. The van der Waals surface area contributed by atoms with E-state index in [2.05, 4.69) is 15.2 Å². The second-order valence-corrected chi connectivity index (χ2v) is 5.92. The second kappa shape index (κ2) is 7.23. The molecule has 26 heavy (non-hydrogen) atoms. The highest BCUT2D eigenvalue weighted by Crippen LogP contribution is 2.17. The molecular formula is C20H19N3O3. The summed E-state index contributed by atoms with van der Waals surface area (Å²) in [6.07, 6.45) is 1.55. The van der Waals surface area contributed by atoms with Gasteiger partial charge in [-0.15, -0.1) is 0 Å². The maximum Gasteiger partial charge on any atom is 0.337 e. The Bertz CT molecular complexity index is 959. The number of aryl methyl sites for hydroxylation is 1. The Balaban J connectivity index is 1.80. The number of esters is 1. The van der Waals surface area contributed by atoms with Crippen molar-refractivity contribution < 1.29 is 14.3 Å². The quantitative estimate of drug-likeness (QED) is 0.731. The van der Waals surface area contributed by atoms with Crippen LogP contribution in [0.4, 0.5) is 5.69 Å². The molecule has 3 rings (SSSR count). The SMILES string of the molecule is COC(=O)c1ccc(NC(=O)c2cnn(-c3cccc(C)c3)c2C)cc1. The molecule has 0 radical (unpaired) electrons. The minimum absolute atomic E-state index is 0.257. The molecule has 0 atom stereocenters. The molecule has 0 unspecified atom stereocenters. The van der Waals surface area contributed by atoms with E-state index in [-0.39, 0.29) is 5.91 Å². The number of hydrogen-bond acceptors (Lipinski definition) is 4. The molecule has 0 spiro atoms. The first-order valence-electron chi connectivity index (χ1n) is 8.11. The Labute approximate surface area is 151 Å². The molecule has 1 amide bonds. The van der Waals surface area contributed by atoms with E-state index >= 15 is 0 Å². The van der Waals surface area contributed by atoms with Gasteiger partial charge in [-0.2, -0.15) is 5.10 Å². The van der Waals surface area contributed by atoms with E-state index in [1.54, 1.807) is 35.1 Å². The van der Waals surface area contributed by atoms with Crippen LogP contribution in [0.1, 0.15) is 32.0 Å². The van der Waals surface area contributed by atoms with Crippen LogP contribution in [0.15, 0.2) is 54.7 Å². The van der Waals surface area contributed by atoms with Crippen LogP contribution in [0.5, 0.6) is 0 Å². The minimum Gasteiger partial charge on any atom is -0.465 e. The molecule has 2 aromatic carbocycles. The summed E-state index contributed by atoms with van der Waals surface area (Å²) in [5.74, 6) is -0.676. The fourth-order valence-electron chi connectivity index (χ4n) is 2.66. The summed E-state index contributed by atoms with van der Waals surface area (Å²) in [4.78, 5) is 24.0. The highest BCUT2D eigenvalue weighted by Gasteiger charge is 2.15. The molecule has 132 valence electrons. The topological polar surface area (TPSA) is 73.2 Å². The summed E-state index contributed by atoms with van der Waals surface area (Å²) in [5.41, 5.74) is 4.28. The first-order chi connectivity index (χ1) is 12.5. The summed E-state index contributed by atoms with van der Waals surface area (Å²) in [6.45, 7) is 3.86. The minimum atomic E-state index is -0.418. The zero-order valence-electron chi connectivity index (χ0n) is 14.8. The van der Waals surface area contributed by atoms with Gasteiger partial charge in [0.15, 0.2) is 0 Å². The van der Waals surface area contributed by atoms with Crippen molar-refractivity contribution in [2.75, 3.05) is 12.4 Å². The fourth-order valence-corrected chi connectivity index (χ4v) is 2.66. The van der Waals surface area contributed by atoms with Crippen LogP contribution in [0.3, 0.4) is 0 Å². The number of ether oxygens (including phenoxy) is 1. The number of benzene rings is 2. The van der Waals surface area contributed by atoms with Gasteiger partial charge in [-0.1, -0.05) is 12.1 Å². The normalized spacial score (nSPS) is 10.4. The lowest BCUT2D eigenvalue weighted by Crippen LogP contribution is -2.13. The van der Waals surface area contributed by atoms with Crippen LogP contribution in [0, 0.1) is 13.8 Å². The van der Waals surface area contributed by atoms with E-state index in [9.17, 15) is 9.59 Å². The lowest BCUT2D eigenvalue weighted by molar-refractivity contribution is 0.0600. The van der Waals surface area contributed by atoms with E-state index in [1.807, 2.05) is 38.1 Å². The van der Waals surface area contributed by atoms with E-state index in [0.29, 0.717) is 16.8 Å². The van der Waals surface area contributed by atoms with Crippen LogP contribution >= 0.6 is 0 Å². The molecule has 1 heterocycles. The highest BCUT2D eigenvalue weighted by molar-refractivity contribution is 6.05. The van der Waals surface area contributed by atoms with E-state index in [1.165, 1.54) is 7.11 Å². The molecule has 0 aliphatic heterocycles. The lowest BCUT2D eigenvalue weighted by Gasteiger charge is -2.08. The van der Waals surface area contributed by atoms with Crippen LogP contribution < -0.4 is 5.32 Å². The average molecular weight is 349 g/mol. The molecule has 0 aliphatic rings. The smallest absolute Gasteiger partial charge is 0.337 e. The van der Waals surface area contributed by atoms with E-state index < -0.39 is 5.97 Å². The standard InChI is InChI=1S/C20H19N3O3/c1-13-5-4-6-17(11-13)23-14(2)18(12-21-23)19(24)22-16-9-7-15(8-10-16)20(25)26-3/h4-12H,1-3H3,(H,22,24). The Hall–Kier alpha value is -3.41. The Kier molecular flexibility index (Phi) is 4.84. The number of aromatic nitrogens is 2. The van der Waals surface area contributed by atoms with Gasteiger partial charge in [0.05, 0.1) is 35.8 Å². The first-order valence-corrected chi connectivity index (χ1v) is 8.11. The molecule has 1 N–H and O–H groups in total. The zero-order chi connectivity index (χ0) is 18.7. The zero-order valence-corrected chi connectivity index (χ0v) is 14.8. The van der Waals surface area contributed by atoms with E-state index in [4.69, 9.17) is 0 Å². The predicted octanol–water partition coefficient (Wildman–Crippen LogP) is 3.53. The molecule has 0 saturated heterocycles. The maximum atomic E-state index is 12.6. The predicted molar refractivity (Wildman–Crippen MR) is 98.8 cm³/mol. The summed E-state index contributed by atoms with van der Waals surface area (Å²) in [5, 5.41) is 7.15. The summed E-state index contributed by atoms with van der Waals surface area (Å²) >= 11 is 0. The molecule has 3 aromatic rings. The number of hydrogen-bond donors (Lipinski definition) is 1. The molecule has 1 aromatic heterocycles. The molecule has 0 fully saturated rings. The Morgan fingerprint density at radius 3 is 2.46 bits per heavy atom. The summed E-state index contributed by atoms with van der Waals surface area (Å²) in [7, 11) is 1.33. The van der Waals surface area contributed by atoms with Gasteiger partial charge >= 0.3 is 5.97 Å². The van der Waals surface area contributed by atoms with Crippen molar-refractivity contribution in [1.29, 1.82) is 0 Å². The molecule has 0 saturated carbocycles. The van der Waals surface area contributed by atoms with Crippen molar-refractivity contribution in [1.82, 2.24) is 9.78 Å². The van der Waals surface area contributed by atoms with Crippen LogP contribution in [0.2, 0.25) is 0 Å². The highest BCUT2D eigenvalue weighted by atomic mass is 16.5. The number of rotatable bonds is 4. The van der Waals surface area contributed by atoms with Crippen molar-refractivity contribution in [3.63, 3.8) is 0 Å². The molecule has 0 aliphatic carbocycles.